The second-order valence-corrected chi connectivity index (χ2v) is 9.61. The first kappa shape index (κ1) is 22.5. The Kier molecular flexibility index (Phi) is 6.09. The molecular weight excluding hydrogens is 553 g/mol. The van der Waals surface area contributed by atoms with Crippen LogP contribution in [0.4, 0.5) is 8.78 Å². The van der Waals surface area contributed by atoms with E-state index in [-0.39, 0.29) is 29.5 Å². The van der Waals surface area contributed by atoms with Gasteiger partial charge in [0.15, 0.2) is 12.0 Å². The third kappa shape index (κ3) is 4.43. The molecule has 34 heavy (non-hydrogen) atoms. The summed E-state index contributed by atoms with van der Waals surface area (Å²) in [6, 6.07) is 12.5. The minimum Gasteiger partial charge on any atom is -0.453 e. The lowest BCUT2D eigenvalue weighted by molar-refractivity contribution is 0.0605. The van der Waals surface area contributed by atoms with Gasteiger partial charge in [0, 0.05) is 23.4 Å². The fraction of sp³-hybridized carbons (Fsp3) is 0.115. The number of aldehydes is 1. The lowest BCUT2D eigenvalue weighted by Gasteiger charge is -2.28. The number of allylic oxidation sites excluding steroid dienone is 2. The van der Waals surface area contributed by atoms with Gasteiger partial charge in [-0.15, -0.1) is 0 Å². The molecule has 2 aromatic heterocycles. The van der Waals surface area contributed by atoms with Gasteiger partial charge in [-0.25, -0.2) is 18.7 Å². The molecule has 1 aliphatic carbocycles. The van der Waals surface area contributed by atoms with Crippen LogP contribution in [0.2, 0.25) is 0 Å². The molecule has 0 fully saturated rings. The number of furan rings is 1. The van der Waals surface area contributed by atoms with E-state index in [0.29, 0.717) is 34.9 Å². The number of carbonyl (C=O) groups excluding carboxylic acids is 1. The number of hydrogen-bond donors (Lipinski definition) is 0. The van der Waals surface area contributed by atoms with Crippen LogP contribution in [0, 0.1) is 11.6 Å². The van der Waals surface area contributed by atoms with Crippen LogP contribution in [-0.2, 0) is 11.3 Å². The van der Waals surface area contributed by atoms with Crippen molar-refractivity contribution in [2.24, 2.45) is 0 Å². The molecule has 0 saturated heterocycles. The second-order valence-electron chi connectivity index (χ2n) is 7.79. The Bertz CT molecular complexity index is 1460. The fourth-order valence-corrected chi connectivity index (χ4v) is 4.62. The Labute approximate surface area is 207 Å². The number of fused-ring (bicyclic) bond motifs is 1. The molecule has 0 aliphatic heterocycles. The molecule has 0 saturated carbocycles. The van der Waals surface area contributed by atoms with Crippen molar-refractivity contribution in [1.29, 1.82) is 0 Å². The molecule has 5 rings (SSSR count). The van der Waals surface area contributed by atoms with Crippen LogP contribution in [0.1, 0.15) is 28.2 Å². The van der Waals surface area contributed by atoms with E-state index in [4.69, 9.17) is 9.15 Å². The Balaban J connectivity index is 1.48. The van der Waals surface area contributed by atoms with Crippen molar-refractivity contribution in [3.05, 3.63) is 102 Å². The topological polar surface area (TPSA) is 65.2 Å². The highest BCUT2D eigenvalue weighted by molar-refractivity contribution is 14.1. The molecule has 0 spiro atoms. The van der Waals surface area contributed by atoms with E-state index in [0.717, 1.165) is 5.57 Å². The molecule has 0 N–H and O–H groups in total. The maximum atomic E-state index is 14.8. The van der Waals surface area contributed by atoms with Gasteiger partial charge in [-0.05, 0) is 58.5 Å². The smallest absolute Gasteiger partial charge is 0.185 e. The SMILES string of the molecule is O=Cc1ccc(-c2cc3c(C4=CC=CC(I)(OCc5ccccc5F)C4)ncnc3cc2F)o1. The van der Waals surface area contributed by atoms with Crippen molar-refractivity contribution >= 4 is 45.4 Å². The van der Waals surface area contributed by atoms with Crippen molar-refractivity contribution < 1.29 is 22.7 Å². The van der Waals surface area contributed by atoms with Crippen LogP contribution >= 0.6 is 22.6 Å². The van der Waals surface area contributed by atoms with Gasteiger partial charge in [-0.3, -0.25) is 4.79 Å². The van der Waals surface area contributed by atoms with Crippen LogP contribution < -0.4 is 0 Å². The number of benzene rings is 2. The molecule has 4 aromatic rings. The summed E-state index contributed by atoms with van der Waals surface area (Å²) in [6.07, 6.45) is 8.13. The summed E-state index contributed by atoms with van der Waals surface area (Å²) in [5, 5.41) is 0.636. The molecule has 1 aliphatic rings. The highest BCUT2D eigenvalue weighted by Gasteiger charge is 2.30. The molecule has 0 radical (unpaired) electrons. The first-order valence-electron chi connectivity index (χ1n) is 10.4. The van der Waals surface area contributed by atoms with Gasteiger partial charge in [-0.2, -0.15) is 0 Å². The lowest BCUT2D eigenvalue weighted by Crippen LogP contribution is -2.24. The summed E-state index contributed by atoms with van der Waals surface area (Å²) >= 11 is 2.20. The van der Waals surface area contributed by atoms with Crippen molar-refractivity contribution in [2.45, 2.75) is 16.6 Å². The van der Waals surface area contributed by atoms with Crippen LogP contribution in [0.25, 0.3) is 27.8 Å². The van der Waals surface area contributed by atoms with E-state index < -0.39 is 9.43 Å². The zero-order valence-electron chi connectivity index (χ0n) is 17.7. The largest absolute Gasteiger partial charge is 0.453 e. The predicted octanol–water partition coefficient (Wildman–Crippen LogP) is 6.67. The van der Waals surface area contributed by atoms with Gasteiger partial charge in [0.1, 0.15) is 27.3 Å². The molecule has 2 heterocycles. The zero-order valence-corrected chi connectivity index (χ0v) is 19.8. The summed E-state index contributed by atoms with van der Waals surface area (Å²) in [4.78, 5) is 19.7. The van der Waals surface area contributed by atoms with Crippen LogP contribution in [-0.4, -0.2) is 19.9 Å². The third-order valence-corrected chi connectivity index (χ3v) is 6.59. The average Bonchev–Trinajstić information content (AvgIpc) is 3.32. The summed E-state index contributed by atoms with van der Waals surface area (Å²) in [6.45, 7) is 0.116. The van der Waals surface area contributed by atoms with Crippen LogP contribution in [0.5, 0.6) is 0 Å². The maximum absolute atomic E-state index is 14.8. The number of halogens is 3. The van der Waals surface area contributed by atoms with Gasteiger partial charge in [0.05, 0.1) is 23.4 Å². The molecule has 1 atom stereocenters. The fourth-order valence-electron chi connectivity index (χ4n) is 3.84. The van der Waals surface area contributed by atoms with E-state index in [1.165, 1.54) is 24.5 Å². The van der Waals surface area contributed by atoms with Gasteiger partial charge in [-0.1, -0.05) is 30.4 Å². The number of alkyl halides is 1. The van der Waals surface area contributed by atoms with E-state index in [9.17, 15) is 13.6 Å². The van der Waals surface area contributed by atoms with Crippen LogP contribution in [0.15, 0.2) is 77.5 Å². The summed E-state index contributed by atoms with van der Waals surface area (Å²) < 4.78 is 39.7. The first-order chi connectivity index (χ1) is 16.5. The third-order valence-electron chi connectivity index (χ3n) is 5.54. The van der Waals surface area contributed by atoms with Gasteiger partial charge in [0.2, 0.25) is 0 Å². The zero-order chi connectivity index (χ0) is 23.7. The number of ether oxygens (including phenoxy) is 1. The van der Waals surface area contributed by atoms with Crippen molar-refractivity contribution in [2.75, 3.05) is 0 Å². The van der Waals surface area contributed by atoms with Gasteiger partial charge in [0.25, 0.3) is 0 Å². The number of hydrogen-bond acceptors (Lipinski definition) is 5. The molecule has 2 aromatic carbocycles. The summed E-state index contributed by atoms with van der Waals surface area (Å²) in [5.41, 5.74) is 2.62. The number of nitrogens with zero attached hydrogens (tertiary/aromatic N) is 2. The second kappa shape index (κ2) is 9.19. The molecule has 8 heteroatoms. The minimum atomic E-state index is -0.718. The molecule has 1 unspecified atom stereocenters. The van der Waals surface area contributed by atoms with E-state index in [1.54, 1.807) is 30.3 Å². The average molecular weight is 570 g/mol. The Hall–Kier alpha value is -3.24. The standard InChI is InChI=1S/C26H17F2IN2O3/c27-21-6-2-1-4-17(21)14-33-26(29)9-3-5-16(12-26)25-20-10-19(24-8-7-18(13-32)34-24)22(28)11-23(20)30-15-31-25/h1-11,13,15H,12,14H2. The van der Waals surface area contributed by atoms with E-state index in [2.05, 4.69) is 32.6 Å². The summed E-state index contributed by atoms with van der Waals surface area (Å²) in [7, 11) is 0. The highest BCUT2D eigenvalue weighted by atomic mass is 127. The quantitative estimate of drug-likeness (QED) is 0.147. The van der Waals surface area contributed by atoms with E-state index in [1.807, 2.05) is 18.2 Å². The monoisotopic (exact) mass is 570 g/mol. The predicted molar refractivity (Wildman–Crippen MR) is 132 cm³/mol. The molecule has 0 bridgehead atoms. The van der Waals surface area contributed by atoms with Gasteiger partial charge >= 0.3 is 0 Å². The molecule has 0 amide bonds. The molecule has 170 valence electrons. The Morgan fingerprint density at radius 3 is 2.76 bits per heavy atom. The highest BCUT2D eigenvalue weighted by Crippen LogP contribution is 2.40. The molecule has 5 nitrogen and oxygen atoms in total. The van der Waals surface area contributed by atoms with Crippen LogP contribution in [0.3, 0.4) is 0 Å². The number of aromatic nitrogens is 2. The van der Waals surface area contributed by atoms with Gasteiger partial charge < -0.3 is 9.15 Å². The van der Waals surface area contributed by atoms with Crippen molar-refractivity contribution in [1.82, 2.24) is 9.97 Å². The minimum absolute atomic E-state index is 0.112. The van der Waals surface area contributed by atoms with Crippen molar-refractivity contribution in [3.8, 4) is 11.3 Å². The Morgan fingerprint density at radius 1 is 1.12 bits per heavy atom. The number of rotatable bonds is 6. The maximum Gasteiger partial charge on any atom is 0.185 e. The number of carbonyl (C=O) groups is 1. The normalized spacial score (nSPS) is 17.7. The first-order valence-corrected chi connectivity index (χ1v) is 11.5. The van der Waals surface area contributed by atoms with E-state index >= 15 is 0 Å². The Morgan fingerprint density at radius 2 is 1.97 bits per heavy atom. The summed E-state index contributed by atoms with van der Waals surface area (Å²) in [5.74, 6) is -0.478. The molecular formula is C26H17F2IN2O3. The lowest BCUT2D eigenvalue weighted by atomic mass is 9.95. The van der Waals surface area contributed by atoms with Crippen molar-refractivity contribution in [3.63, 3.8) is 0 Å².